The van der Waals surface area contributed by atoms with E-state index in [1.54, 1.807) is 6.92 Å². The number of carbonyl (C=O) groups excluding carboxylic acids is 1. The summed E-state index contributed by atoms with van der Waals surface area (Å²) in [5.74, 6) is 0.137. The molecule has 80 valence electrons. The average Bonchev–Trinajstić information content (AvgIpc) is 2.92. The van der Waals surface area contributed by atoms with Gasteiger partial charge < -0.3 is 10.0 Å². The van der Waals surface area contributed by atoms with Gasteiger partial charge in [0, 0.05) is 13.0 Å². The molecule has 0 aromatic rings. The third kappa shape index (κ3) is 1.92. The van der Waals surface area contributed by atoms with Crippen LogP contribution in [0.15, 0.2) is 0 Å². The second-order valence-electron chi connectivity index (χ2n) is 4.58. The first-order valence-corrected chi connectivity index (χ1v) is 5.67. The van der Waals surface area contributed by atoms with Crippen molar-refractivity contribution in [3.8, 4) is 0 Å². The molecule has 0 aliphatic heterocycles. The normalized spacial score (nSPS) is 32.7. The molecule has 0 aromatic heterocycles. The van der Waals surface area contributed by atoms with E-state index in [2.05, 4.69) is 0 Å². The largest absolute Gasteiger partial charge is 0.391 e. The van der Waals surface area contributed by atoms with Crippen molar-refractivity contribution in [1.82, 2.24) is 4.90 Å². The van der Waals surface area contributed by atoms with Gasteiger partial charge in [0.1, 0.15) is 0 Å². The summed E-state index contributed by atoms with van der Waals surface area (Å²) in [7, 11) is 0. The lowest BCUT2D eigenvalue weighted by Crippen LogP contribution is -2.48. The fourth-order valence-corrected chi connectivity index (χ4v) is 2.53. The average molecular weight is 197 g/mol. The van der Waals surface area contributed by atoms with Crippen molar-refractivity contribution < 1.29 is 9.90 Å². The van der Waals surface area contributed by atoms with E-state index in [1.807, 2.05) is 4.90 Å². The minimum Gasteiger partial charge on any atom is -0.391 e. The summed E-state index contributed by atoms with van der Waals surface area (Å²) in [6, 6.07) is 0.541. The number of hydrogen-bond acceptors (Lipinski definition) is 2. The molecule has 2 atom stereocenters. The maximum Gasteiger partial charge on any atom is 0.220 e. The van der Waals surface area contributed by atoms with E-state index in [0.717, 1.165) is 38.5 Å². The van der Waals surface area contributed by atoms with E-state index in [4.69, 9.17) is 0 Å². The van der Waals surface area contributed by atoms with Gasteiger partial charge in [-0.25, -0.2) is 0 Å². The highest BCUT2D eigenvalue weighted by atomic mass is 16.3. The first-order chi connectivity index (χ1) is 6.70. The van der Waals surface area contributed by atoms with Gasteiger partial charge in [-0.3, -0.25) is 4.79 Å². The van der Waals surface area contributed by atoms with Crippen LogP contribution >= 0.6 is 0 Å². The third-order valence-corrected chi connectivity index (χ3v) is 3.36. The van der Waals surface area contributed by atoms with Crippen LogP contribution in [0.4, 0.5) is 0 Å². The molecule has 0 heterocycles. The summed E-state index contributed by atoms with van der Waals surface area (Å²) < 4.78 is 0. The summed E-state index contributed by atoms with van der Waals surface area (Å²) in [5.41, 5.74) is 0. The molecule has 2 saturated carbocycles. The molecule has 0 radical (unpaired) electrons. The lowest BCUT2D eigenvalue weighted by atomic mass is 9.91. The number of amides is 1. The van der Waals surface area contributed by atoms with Crippen molar-refractivity contribution in [3.63, 3.8) is 0 Å². The molecule has 2 rings (SSSR count). The van der Waals surface area contributed by atoms with E-state index in [9.17, 15) is 9.90 Å². The van der Waals surface area contributed by atoms with Crippen LogP contribution < -0.4 is 0 Å². The Morgan fingerprint density at radius 1 is 1.21 bits per heavy atom. The molecular weight excluding hydrogens is 178 g/mol. The Hall–Kier alpha value is -0.570. The molecule has 0 aromatic carbocycles. The van der Waals surface area contributed by atoms with Gasteiger partial charge in [-0.15, -0.1) is 0 Å². The highest BCUT2D eigenvalue weighted by Crippen LogP contribution is 2.33. The fraction of sp³-hybridized carbons (Fsp3) is 0.909. The third-order valence-electron chi connectivity index (χ3n) is 3.36. The lowest BCUT2D eigenvalue weighted by molar-refractivity contribution is -0.135. The Kier molecular flexibility index (Phi) is 2.77. The Labute approximate surface area is 85.1 Å². The van der Waals surface area contributed by atoms with Crippen LogP contribution in [0.25, 0.3) is 0 Å². The van der Waals surface area contributed by atoms with E-state index >= 15 is 0 Å². The van der Waals surface area contributed by atoms with Crippen molar-refractivity contribution in [1.29, 1.82) is 0 Å². The molecule has 1 amide bonds. The summed E-state index contributed by atoms with van der Waals surface area (Å²) in [6.07, 6.45) is 6.07. The van der Waals surface area contributed by atoms with E-state index in [0.29, 0.717) is 6.04 Å². The van der Waals surface area contributed by atoms with E-state index in [-0.39, 0.29) is 18.1 Å². The van der Waals surface area contributed by atoms with Crippen LogP contribution in [0.1, 0.15) is 45.4 Å². The molecule has 14 heavy (non-hydrogen) atoms. The monoisotopic (exact) mass is 197 g/mol. The van der Waals surface area contributed by atoms with Gasteiger partial charge >= 0.3 is 0 Å². The van der Waals surface area contributed by atoms with Crippen LogP contribution in [0.5, 0.6) is 0 Å². The summed E-state index contributed by atoms with van der Waals surface area (Å²) >= 11 is 0. The molecule has 2 unspecified atom stereocenters. The predicted molar refractivity (Wildman–Crippen MR) is 53.8 cm³/mol. The molecule has 0 spiro atoms. The highest BCUT2D eigenvalue weighted by molar-refractivity contribution is 5.74. The van der Waals surface area contributed by atoms with Crippen LogP contribution in [-0.4, -0.2) is 34.1 Å². The van der Waals surface area contributed by atoms with Gasteiger partial charge in [-0.05, 0) is 25.7 Å². The van der Waals surface area contributed by atoms with Gasteiger partial charge in [0.05, 0.1) is 12.1 Å². The minimum atomic E-state index is -0.284. The highest BCUT2D eigenvalue weighted by Gasteiger charge is 2.39. The zero-order chi connectivity index (χ0) is 10.1. The van der Waals surface area contributed by atoms with Crippen molar-refractivity contribution in [2.24, 2.45) is 0 Å². The van der Waals surface area contributed by atoms with Gasteiger partial charge in [0.25, 0.3) is 0 Å². The summed E-state index contributed by atoms with van der Waals surface area (Å²) in [4.78, 5) is 13.4. The zero-order valence-corrected chi connectivity index (χ0v) is 8.78. The molecular formula is C11H19NO2. The second-order valence-corrected chi connectivity index (χ2v) is 4.58. The number of hydrogen-bond donors (Lipinski definition) is 1. The quantitative estimate of drug-likeness (QED) is 0.725. The Morgan fingerprint density at radius 2 is 1.86 bits per heavy atom. The van der Waals surface area contributed by atoms with Crippen molar-refractivity contribution in [2.75, 3.05) is 0 Å². The Morgan fingerprint density at radius 3 is 2.36 bits per heavy atom. The predicted octanol–water partition coefficient (Wildman–Crippen LogP) is 1.30. The SMILES string of the molecule is CC(=O)N(C1CC1)C1CCCCC1O. The number of carbonyl (C=O) groups is 1. The second kappa shape index (κ2) is 3.89. The maximum absolute atomic E-state index is 11.5. The van der Waals surface area contributed by atoms with Gasteiger partial charge in [-0.2, -0.15) is 0 Å². The molecule has 0 bridgehead atoms. The summed E-state index contributed by atoms with van der Waals surface area (Å²) in [5, 5.41) is 9.87. The molecule has 2 aliphatic rings. The van der Waals surface area contributed by atoms with Gasteiger partial charge in [-0.1, -0.05) is 12.8 Å². The van der Waals surface area contributed by atoms with Crippen LogP contribution in [-0.2, 0) is 4.79 Å². The Bertz CT molecular complexity index is 225. The van der Waals surface area contributed by atoms with Crippen LogP contribution in [0, 0.1) is 0 Å². The first kappa shape index (κ1) is 9.97. The summed E-state index contributed by atoms with van der Waals surface area (Å²) in [6.45, 7) is 1.62. The number of nitrogens with zero attached hydrogens (tertiary/aromatic N) is 1. The lowest BCUT2D eigenvalue weighted by Gasteiger charge is -2.37. The smallest absolute Gasteiger partial charge is 0.220 e. The maximum atomic E-state index is 11.5. The number of aliphatic hydroxyl groups is 1. The number of rotatable bonds is 2. The number of aliphatic hydroxyl groups excluding tert-OH is 1. The van der Waals surface area contributed by atoms with Gasteiger partial charge in [0.15, 0.2) is 0 Å². The zero-order valence-electron chi connectivity index (χ0n) is 8.78. The minimum absolute atomic E-state index is 0.105. The molecule has 1 N–H and O–H groups in total. The van der Waals surface area contributed by atoms with Crippen LogP contribution in [0.3, 0.4) is 0 Å². The van der Waals surface area contributed by atoms with Crippen molar-refractivity contribution in [2.45, 2.75) is 63.6 Å². The molecule has 3 heteroatoms. The van der Waals surface area contributed by atoms with E-state index in [1.165, 1.54) is 0 Å². The first-order valence-electron chi connectivity index (χ1n) is 5.67. The van der Waals surface area contributed by atoms with Crippen molar-refractivity contribution in [3.05, 3.63) is 0 Å². The Balaban J connectivity index is 2.04. The molecule has 0 saturated heterocycles. The topological polar surface area (TPSA) is 40.5 Å². The van der Waals surface area contributed by atoms with Crippen LogP contribution in [0.2, 0.25) is 0 Å². The molecule has 2 aliphatic carbocycles. The van der Waals surface area contributed by atoms with Gasteiger partial charge in [0.2, 0.25) is 5.91 Å². The molecule has 3 nitrogen and oxygen atoms in total. The fourth-order valence-electron chi connectivity index (χ4n) is 2.53. The molecule has 2 fully saturated rings. The van der Waals surface area contributed by atoms with E-state index < -0.39 is 0 Å². The standard InChI is InChI=1S/C11H19NO2/c1-8(13)12(9-6-7-9)10-4-2-3-5-11(10)14/h9-11,14H,2-7H2,1H3. The van der Waals surface area contributed by atoms with Crippen molar-refractivity contribution >= 4 is 5.91 Å².